The van der Waals surface area contributed by atoms with Crippen molar-refractivity contribution in [1.82, 2.24) is 0 Å². The van der Waals surface area contributed by atoms with E-state index in [1.807, 2.05) is 0 Å². The first-order chi connectivity index (χ1) is 5.29. The molecule has 0 radical (unpaired) electrons. The molecule has 0 spiro atoms. The van der Waals surface area contributed by atoms with E-state index in [-0.39, 0.29) is 29.6 Å². The van der Waals surface area contributed by atoms with Crippen molar-refractivity contribution in [3.8, 4) is 0 Å². The van der Waals surface area contributed by atoms with Gasteiger partial charge in [0.1, 0.15) is 5.97 Å². The number of hydrogen-bond acceptors (Lipinski definition) is 5. The summed E-state index contributed by atoms with van der Waals surface area (Å²) in [5.74, 6) is -6.21. The van der Waals surface area contributed by atoms with Crippen LogP contribution in [0.5, 0.6) is 0 Å². The Balaban J connectivity index is -0.000000143. The Morgan fingerprint density at radius 2 is 1.15 bits per heavy atom. The SMILES string of the molecule is NC(=O)C(=O)O.NC(=O)C(=O)[O-].[Na+]. The molecule has 68 valence electrons. The van der Waals surface area contributed by atoms with Crippen LogP contribution in [0.15, 0.2) is 0 Å². The molecule has 0 aromatic rings. The van der Waals surface area contributed by atoms with Gasteiger partial charge in [-0.25, -0.2) is 4.79 Å². The Bertz CT molecular complexity index is 179. The third-order valence-electron chi connectivity index (χ3n) is 0.412. The van der Waals surface area contributed by atoms with Gasteiger partial charge < -0.3 is 26.5 Å². The maximum absolute atomic E-state index is 9.32. The van der Waals surface area contributed by atoms with E-state index in [2.05, 4.69) is 11.5 Å². The average Bonchev–Trinajstić information content (AvgIpc) is 1.88. The fraction of sp³-hybridized carbons (Fsp3) is 0. The predicted molar refractivity (Wildman–Crippen MR) is 31.0 cm³/mol. The summed E-state index contributed by atoms with van der Waals surface area (Å²) in [6, 6.07) is 0. The second-order valence-electron chi connectivity index (χ2n) is 1.32. The van der Waals surface area contributed by atoms with E-state index < -0.39 is 23.8 Å². The smallest absolute Gasteiger partial charge is 0.540 e. The first-order valence-corrected chi connectivity index (χ1v) is 2.32. The third kappa shape index (κ3) is 18.1. The molecule has 0 aliphatic carbocycles. The molecule has 0 aromatic heterocycles. The van der Waals surface area contributed by atoms with E-state index >= 15 is 0 Å². The van der Waals surface area contributed by atoms with Gasteiger partial charge in [-0.1, -0.05) is 0 Å². The average molecular weight is 200 g/mol. The maximum atomic E-state index is 9.32. The van der Waals surface area contributed by atoms with Gasteiger partial charge in [0, 0.05) is 0 Å². The van der Waals surface area contributed by atoms with Crippen molar-refractivity contribution in [2.24, 2.45) is 11.5 Å². The minimum absolute atomic E-state index is 0. The molecule has 9 heteroatoms. The van der Waals surface area contributed by atoms with Gasteiger partial charge in [-0.05, 0) is 0 Å². The number of rotatable bonds is 0. The quantitative estimate of drug-likeness (QED) is 0.259. The molecule has 0 unspecified atom stereocenters. The second-order valence-corrected chi connectivity index (χ2v) is 1.32. The molecule has 0 saturated carbocycles. The number of primary amides is 2. The number of carbonyl (C=O) groups is 4. The van der Waals surface area contributed by atoms with Crippen molar-refractivity contribution in [1.29, 1.82) is 0 Å². The molecule has 0 atom stereocenters. The first-order valence-electron chi connectivity index (χ1n) is 2.32. The van der Waals surface area contributed by atoms with Crippen LogP contribution in [0.25, 0.3) is 0 Å². The molecule has 0 rings (SSSR count). The molecular formula is C4H5N2NaO6. The summed E-state index contributed by atoms with van der Waals surface area (Å²) in [7, 11) is 0. The van der Waals surface area contributed by atoms with Gasteiger partial charge in [0.15, 0.2) is 0 Å². The molecule has 13 heavy (non-hydrogen) atoms. The van der Waals surface area contributed by atoms with Crippen molar-refractivity contribution in [3.63, 3.8) is 0 Å². The minimum Gasteiger partial charge on any atom is -0.540 e. The summed E-state index contributed by atoms with van der Waals surface area (Å²) < 4.78 is 0. The van der Waals surface area contributed by atoms with Crippen LogP contribution < -0.4 is 46.1 Å². The molecule has 2 amide bonds. The Morgan fingerprint density at radius 1 is 1.00 bits per heavy atom. The van der Waals surface area contributed by atoms with Crippen molar-refractivity contribution in [2.75, 3.05) is 0 Å². The fourth-order valence-electron chi connectivity index (χ4n) is 0. The largest absolute Gasteiger partial charge is 1.00 e. The van der Waals surface area contributed by atoms with Crippen LogP contribution in [0.1, 0.15) is 0 Å². The number of nitrogens with two attached hydrogens (primary N) is 2. The molecule has 0 aromatic carbocycles. The van der Waals surface area contributed by atoms with Crippen molar-refractivity contribution >= 4 is 23.8 Å². The molecule has 0 aliphatic heterocycles. The van der Waals surface area contributed by atoms with Crippen molar-refractivity contribution in [2.45, 2.75) is 0 Å². The molecule has 0 saturated heterocycles. The van der Waals surface area contributed by atoms with Gasteiger partial charge in [0.25, 0.3) is 5.91 Å². The van der Waals surface area contributed by atoms with Gasteiger partial charge in [0.05, 0.1) is 0 Å². The van der Waals surface area contributed by atoms with Crippen LogP contribution in [0.3, 0.4) is 0 Å². The van der Waals surface area contributed by atoms with Gasteiger partial charge in [0.2, 0.25) is 0 Å². The van der Waals surface area contributed by atoms with E-state index in [1.54, 1.807) is 0 Å². The summed E-state index contributed by atoms with van der Waals surface area (Å²) in [6.07, 6.45) is 0. The third-order valence-corrected chi connectivity index (χ3v) is 0.412. The zero-order valence-electron chi connectivity index (χ0n) is 6.64. The topological polar surface area (TPSA) is 164 Å². The van der Waals surface area contributed by atoms with E-state index in [9.17, 15) is 14.4 Å². The molecule has 0 heterocycles. The summed E-state index contributed by atoms with van der Waals surface area (Å²) in [6.45, 7) is 0. The summed E-state index contributed by atoms with van der Waals surface area (Å²) in [4.78, 5) is 36.9. The van der Waals surface area contributed by atoms with Crippen LogP contribution in [0.2, 0.25) is 0 Å². The molecule has 0 fully saturated rings. The zero-order chi connectivity index (χ0) is 10.3. The van der Waals surface area contributed by atoms with Crippen molar-refractivity contribution < 1.29 is 58.9 Å². The number of carbonyl (C=O) groups excluding carboxylic acids is 3. The van der Waals surface area contributed by atoms with E-state index in [4.69, 9.17) is 15.0 Å². The van der Waals surface area contributed by atoms with Crippen LogP contribution >= 0.6 is 0 Å². The normalized spacial score (nSPS) is 6.77. The maximum Gasteiger partial charge on any atom is 1.00 e. The number of amides is 2. The summed E-state index contributed by atoms with van der Waals surface area (Å²) >= 11 is 0. The minimum atomic E-state index is -1.85. The van der Waals surface area contributed by atoms with Crippen LogP contribution in [-0.2, 0) is 19.2 Å². The second kappa shape index (κ2) is 8.97. The molecule has 5 N–H and O–H groups in total. The fourth-order valence-corrected chi connectivity index (χ4v) is 0. The molecule has 0 bridgehead atoms. The van der Waals surface area contributed by atoms with Crippen LogP contribution in [0, 0.1) is 0 Å². The molecule has 8 nitrogen and oxygen atoms in total. The monoisotopic (exact) mass is 200 g/mol. The Kier molecular flexibility index (Phi) is 12.3. The summed E-state index contributed by atoms with van der Waals surface area (Å²) in [5, 5.41) is 16.6. The van der Waals surface area contributed by atoms with Gasteiger partial charge >= 0.3 is 41.4 Å². The summed E-state index contributed by atoms with van der Waals surface area (Å²) in [5.41, 5.74) is 8.33. The van der Waals surface area contributed by atoms with Crippen molar-refractivity contribution in [3.05, 3.63) is 0 Å². The Morgan fingerprint density at radius 3 is 1.15 bits per heavy atom. The molecular weight excluding hydrogens is 195 g/mol. The number of carboxylic acids is 2. The van der Waals surface area contributed by atoms with Gasteiger partial charge in [-0.15, -0.1) is 0 Å². The Hall–Kier alpha value is -1.12. The number of aliphatic carboxylic acids is 2. The molecule has 0 aliphatic rings. The van der Waals surface area contributed by atoms with Gasteiger partial charge in [-0.2, -0.15) is 0 Å². The zero-order valence-corrected chi connectivity index (χ0v) is 8.64. The van der Waals surface area contributed by atoms with Crippen LogP contribution in [-0.4, -0.2) is 28.9 Å². The van der Waals surface area contributed by atoms with E-state index in [0.29, 0.717) is 0 Å². The predicted octanol–water partition coefficient (Wildman–Crippen LogP) is -7.22. The number of carboxylic acid groups (broad SMARTS) is 2. The first kappa shape index (κ1) is 17.8. The van der Waals surface area contributed by atoms with E-state index in [1.165, 1.54) is 0 Å². The van der Waals surface area contributed by atoms with Gasteiger partial charge in [-0.3, -0.25) is 9.59 Å². The van der Waals surface area contributed by atoms with Crippen LogP contribution in [0.4, 0.5) is 0 Å². The number of hydrogen-bond donors (Lipinski definition) is 3. The standard InChI is InChI=1S/2C2H3NO3.Na/c2*3-1(4)2(5)6;/h2*(H2,3,4)(H,5,6);/q;;+1/p-1. The van der Waals surface area contributed by atoms with E-state index in [0.717, 1.165) is 0 Å². The Labute approximate surface area is 94.2 Å².